The average Bonchev–Trinajstić information content (AvgIpc) is 3.10. The Kier molecular flexibility index (Phi) is 7.35. The Labute approximate surface area is 169 Å². The summed E-state index contributed by atoms with van der Waals surface area (Å²) in [6.45, 7) is 3.48. The summed E-state index contributed by atoms with van der Waals surface area (Å²) in [6, 6.07) is 7.57. The van der Waals surface area contributed by atoms with E-state index in [9.17, 15) is 4.79 Å². The number of allylic oxidation sites excluding steroid dienone is 1. The fourth-order valence-electron chi connectivity index (χ4n) is 3.20. The number of hydrogen-bond donors (Lipinski definition) is 1. The molecule has 7 heteroatoms. The molecule has 3 rings (SSSR count). The summed E-state index contributed by atoms with van der Waals surface area (Å²) in [4.78, 5) is 12.2. The van der Waals surface area contributed by atoms with Gasteiger partial charge in [0.1, 0.15) is 0 Å². The monoisotopic (exact) mass is 404 g/mol. The third-order valence-corrected chi connectivity index (χ3v) is 5.80. The van der Waals surface area contributed by atoms with Crippen LogP contribution >= 0.6 is 23.4 Å². The van der Waals surface area contributed by atoms with Crippen LogP contribution in [0.4, 0.5) is 0 Å². The minimum atomic E-state index is 0.0337. The maximum absolute atomic E-state index is 12.2. The molecule has 1 amide bonds. The van der Waals surface area contributed by atoms with Crippen molar-refractivity contribution >= 4 is 29.3 Å². The van der Waals surface area contributed by atoms with E-state index in [1.165, 1.54) is 43.0 Å². The summed E-state index contributed by atoms with van der Waals surface area (Å²) in [5.74, 6) is 1.14. The van der Waals surface area contributed by atoms with E-state index in [-0.39, 0.29) is 5.91 Å². The molecule has 0 atom stereocenters. The van der Waals surface area contributed by atoms with Gasteiger partial charge in [0.2, 0.25) is 5.91 Å². The first-order chi connectivity index (χ1) is 13.2. The number of carbonyl (C=O) groups excluding carboxylic acids is 1. The predicted molar refractivity (Wildman–Crippen MR) is 111 cm³/mol. The Balaban J connectivity index is 1.53. The van der Waals surface area contributed by atoms with E-state index < -0.39 is 0 Å². The Bertz CT molecular complexity index is 818. The molecular weight excluding hydrogens is 380 g/mol. The lowest BCUT2D eigenvalue weighted by atomic mass is 9.97. The largest absolute Gasteiger partial charge is 0.355 e. The fourth-order valence-corrected chi connectivity index (χ4v) is 4.22. The van der Waals surface area contributed by atoms with E-state index in [4.69, 9.17) is 11.6 Å². The van der Waals surface area contributed by atoms with Gasteiger partial charge in [-0.15, -0.1) is 10.2 Å². The maximum Gasteiger partial charge on any atom is 0.230 e. The van der Waals surface area contributed by atoms with Crippen LogP contribution in [0.2, 0.25) is 5.02 Å². The van der Waals surface area contributed by atoms with Gasteiger partial charge < -0.3 is 9.88 Å². The third-order valence-electron chi connectivity index (χ3n) is 4.60. The molecule has 1 N–H and O–H groups in total. The van der Waals surface area contributed by atoms with Crippen molar-refractivity contribution in [2.45, 2.75) is 50.7 Å². The molecule has 0 unspecified atom stereocenters. The van der Waals surface area contributed by atoms with Crippen molar-refractivity contribution in [1.82, 2.24) is 20.1 Å². The molecule has 27 heavy (non-hydrogen) atoms. The first kappa shape index (κ1) is 20.0. The van der Waals surface area contributed by atoms with Crippen molar-refractivity contribution < 1.29 is 4.79 Å². The van der Waals surface area contributed by atoms with E-state index in [0.717, 1.165) is 29.5 Å². The Hall–Kier alpha value is -1.79. The molecule has 1 aliphatic rings. The summed E-state index contributed by atoms with van der Waals surface area (Å²) >= 11 is 7.50. The fraction of sp³-hybridized carbons (Fsp3) is 0.450. The molecule has 1 aromatic carbocycles. The van der Waals surface area contributed by atoms with Crippen LogP contribution < -0.4 is 5.32 Å². The number of benzene rings is 1. The van der Waals surface area contributed by atoms with Crippen molar-refractivity contribution in [2.24, 2.45) is 0 Å². The van der Waals surface area contributed by atoms with Crippen molar-refractivity contribution in [3.8, 4) is 11.4 Å². The van der Waals surface area contributed by atoms with Crippen molar-refractivity contribution in [1.29, 1.82) is 0 Å². The van der Waals surface area contributed by atoms with Crippen LogP contribution in [0.1, 0.15) is 39.0 Å². The van der Waals surface area contributed by atoms with Gasteiger partial charge in [-0.1, -0.05) is 47.1 Å². The zero-order valence-electron chi connectivity index (χ0n) is 15.6. The van der Waals surface area contributed by atoms with Crippen molar-refractivity contribution in [3.05, 3.63) is 40.9 Å². The molecule has 0 radical (unpaired) electrons. The van der Waals surface area contributed by atoms with Gasteiger partial charge in [-0.05, 0) is 51.2 Å². The van der Waals surface area contributed by atoms with Gasteiger partial charge in [0.05, 0.1) is 5.75 Å². The van der Waals surface area contributed by atoms with Gasteiger partial charge in [0, 0.05) is 23.7 Å². The molecule has 0 spiro atoms. The molecule has 0 aliphatic heterocycles. The van der Waals surface area contributed by atoms with E-state index in [0.29, 0.717) is 17.3 Å². The molecular formula is C20H25ClN4OS. The predicted octanol–water partition coefficient (Wildman–Crippen LogP) is 4.72. The molecule has 1 heterocycles. The van der Waals surface area contributed by atoms with Crippen LogP contribution in [0.25, 0.3) is 11.4 Å². The maximum atomic E-state index is 12.2. The van der Waals surface area contributed by atoms with Crippen LogP contribution in [0.3, 0.4) is 0 Å². The zero-order valence-corrected chi connectivity index (χ0v) is 17.2. The molecule has 144 valence electrons. The molecule has 0 saturated carbocycles. The summed E-state index contributed by atoms with van der Waals surface area (Å²) in [7, 11) is 0. The van der Waals surface area contributed by atoms with Gasteiger partial charge in [-0.25, -0.2) is 0 Å². The molecule has 0 bridgehead atoms. The van der Waals surface area contributed by atoms with E-state index in [1.807, 2.05) is 35.8 Å². The molecule has 1 aliphatic carbocycles. The number of amides is 1. The van der Waals surface area contributed by atoms with Gasteiger partial charge >= 0.3 is 0 Å². The number of rotatable bonds is 8. The van der Waals surface area contributed by atoms with Crippen LogP contribution in [-0.2, 0) is 11.3 Å². The third kappa shape index (κ3) is 5.59. The number of halogens is 1. The smallest absolute Gasteiger partial charge is 0.230 e. The SMILES string of the molecule is CCn1c(SCC(=O)NCCC2=CCCCC2)nnc1-c1cccc(Cl)c1. The molecule has 0 fully saturated rings. The highest BCUT2D eigenvalue weighted by molar-refractivity contribution is 7.99. The van der Waals surface area contributed by atoms with Crippen LogP contribution in [0.15, 0.2) is 41.1 Å². The summed E-state index contributed by atoms with van der Waals surface area (Å²) < 4.78 is 2.01. The Morgan fingerprint density at radius 2 is 2.22 bits per heavy atom. The quantitative estimate of drug-likeness (QED) is 0.511. The Morgan fingerprint density at radius 1 is 1.33 bits per heavy atom. The highest BCUT2D eigenvalue weighted by atomic mass is 35.5. The van der Waals surface area contributed by atoms with Crippen LogP contribution in [0, 0.1) is 0 Å². The number of nitrogens with zero attached hydrogens (tertiary/aromatic N) is 3. The lowest BCUT2D eigenvalue weighted by Gasteiger charge is -2.13. The van der Waals surface area contributed by atoms with Crippen LogP contribution in [-0.4, -0.2) is 33.0 Å². The molecule has 1 aromatic heterocycles. The van der Waals surface area contributed by atoms with Gasteiger partial charge in [-0.2, -0.15) is 0 Å². The normalized spacial score (nSPS) is 14.1. The van der Waals surface area contributed by atoms with Gasteiger partial charge in [-0.3, -0.25) is 4.79 Å². The van der Waals surface area contributed by atoms with Gasteiger partial charge in [0.25, 0.3) is 0 Å². The molecule has 5 nitrogen and oxygen atoms in total. The second kappa shape index (κ2) is 9.95. The van der Waals surface area contributed by atoms with Gasteiger partial charge in [0.15, 0.2) is 11.0 Å². The van der Waals surface area contributed by atoms with E-state index in [1.54, 1.807) is 0 Å². The number of thioether (sulfide) groups is 1. The number of hydrogen-bond acceptors (Lipinski definition) is 4. The topological polar surface area (TPSA) is 59.8 Å². The lowest BCUT2D eigenvalue weighted by molar-refractivity contribution is -0.118. The first-order valence-electron chi connectivity index (χ1n) is 9.44. The van der Waals surface area contributed by atoms with E-state index in [2.05, 4.69) is 21.6 Å². The molecule has 0 saturated heterocycles. The summed E-state index contributed by atoms with van der Waals surface area (Å²) in [6.07, 6.45) is 8.21. The second-order valence-corrected chi connectivity index (χ2v) is 7.94. The number of aromatic nitrogens is 3. The average molecular weight is 405 g/mol. The Morgan fingerprint density at radius 3 is 2.96 bits per heavy atom. The van der Waals surface area contributed by atoms with E-state index >= 15 is 0 Å². The summed E-state index contributed by atoms with van der Waals surface area (Å²) in [5.41, 5.74) is 2.40. The van der Waals surface area contributed by atoms with Crippen molar-refractivity contribution in [2.75, 3.05) is 12.3 Å². The second-order valence-electron chi connectivity index (χ2n) is 6.56. The number of nitrogens with one attached hydrogen (secondary N) is 1. The zero-order chi connectivity index (χ0) is 19.1. The lowest BCUT2D eigenvalue weighted by Crippen LogP contribution is -2.26. The van der Waals surface area contributed by atoms with Crippen LogP contribution in [0.5, 0.6) is 0 Å². The summed E-state index contributed by atoms with van der Waals surface area (Å²) in [5, 5.41) is 13.0. The highest BCUT2D eigenvalue weighted by Crippen LogP contribution is 2.25. The standard InChI is InChI=1S/C20H25ClN4OS/c1-2-25-19(16-9-6-10-17(21)13-16)23-24-20(25)27-14-18(26)22-12-11-15-7-4-3-5-8-15/h6-7,9-10,13H,2-5,8,11-12,14H2,1H3,(H,22,26). The minimum absolute atomic E-state index is 0.0337. The highest BCUT2D eigenvalue weighted by Gasteiger charge is 2.15. The number of carbonyl (C=O) groups is 1. The molecule has 2 aromatic rings. The van der Waals surface area contributed by atoms with Crippen molar-refractivity contribution in [3.63, 3.8) is 0 Å². The minimum Gasteiger partial charge on any atom is -0.355 e. The first-order valence-corrected chi connectivity index (χ1v) is 10.8.